The Morgan fingerprint density at radius 1 is 1.21 bits per heavy atom. The van der Waals surface area contributed by atoms with Gasteiger partial charge in [-0.25, -0.2) is 8.78 Å². The van der Waals surface area contributed by atoms with Crippen molar-refractivity contribution in [2.45, 2.75) is 43.7 Å². The summed E-state index contributed by atoms with van der Waals surface area (Å²) in [5, 5.41) is 13.6. The van der Waals surface area contributed by atoms with E-state index in [0.29, 0.717) is 6.42 Å². The van der Waals surface area contributed by atoms with Crippen LogP contribution < -0.4 is 10.2 Å². The minimum Gasteiger partial charge on any atom is -0.393 e. The van der Waals surface area contributed by atoms with E-state index in [9.17, 15) is 18.7 Å². The Morgan fingerprint density at radius 3 is 2.61 bits per heavy atom. The number of nitrogens with one attached hydrogen (secondary N) is 1. The van der Waals surface area contributed by atoms with Gasteiger partial charge in [-0.1, -0.05) is 18.2 Å². The Hall–Kier alpha value is -2.31. The molecule has 2 aromatic rings. The van der Waals surface area contributed by atoms with E-state index in [1.165, 1.54) is 6.07 Å². The molecule has 4 rings (SSSR count). The molecule has 2 aliphatic rings. The highest BCUT2D eigenvalue weighted by molar-refractivity contribution is 6.08. The average Bonchev–Trinajstić information content (AvgIpc) is 2.93. The van der Waals surface area contributed by atoms with Crippen molar-refractivity contribution in [2.24, 2.45) is 0 Å². The maximum atomic E-state index is 13.8. The largest absolute Gasteiger partial charge is 0.393 e. The van der Waals surface area contributed by atoms with Crippen LogP contribution in [0, 0.1) is 11.6 Å². The number of benzene rings is 2. The molecule has 2 atom stereocenters. The highest BCUT2D eigenvalue weighted by Crippen LogP contribution is 2.52. The maximum Gasteiger partial charge on any atom is 0.258 e. The molecular formula is C22H24F2N2O2. The van der Waals surface area contributed by atoms with Crippen LogP contribution in [0.25, 0.3) is 0 Å². The van der Waals surface area contributed by atoms with Crippen molar-refractivity contribution in [1.29, 1.82) is 0 Å². The van der Waals surface area contributed by atoms with Crippen molar-refractivity contribution in [1.82, 2.24) is 5.32 Å². The molecule has 0 radical (unpaired) electrons. The average molecular weight is 386 g/mol. The van der Waals surface area contributed by atoms with Crippen LogP contribution in [0.15, 0.2) is 42.5 Å². The number of aliphatic hydroxyl groups excluding tert-OH is 1. The Kier molecular flexibility index (Phi) is 4.93. The number of amides is 1. The Labute approximate surface area is 163 Å². The molecule has 2 heterocycles. The first-order chi connectivity index (χ1) is 13.4. The second-order valence-corrected chi connectivity index (χ2v) is 7.83. The molecule has 148 valence electrons. The quantitative estimate of drug-likeness (QED) is 0.850. The molecule has 0 bridgehead atoms. The lowest BCUT2D eigenvalue weighted by Crippen LogP contribution is -2.53. The van der Waals surface area contributed by atoms with Crippen LogP contribution in [0.4, 0.5) is 14.5 Å². The van der Waals surface area contributed by atoms with Gasteiger partial charge in [0.25, 0.3) is 5.91 Å². The van der Waals surface area contributed by atoms with Crippen LogP contribution in [0.3, 0.4) is 0 Å². The fourth-order valence-corrected chi connectivity index (χ4v) is 4.85. The van der Waals surface area contributed by atoms with Gasteiger partial charge in [0.2, 0.25) is 0 Å². The highest BCUT2D eigenvalue weighted by Gasteiger charge is 2.53. The van der Waals surface area contributed by atoms with Crippen LogP contribution in [0.1, 0.15) is 42.1 Å². The molecule has 2 N–H and O–H groups in total. The number of carbonyl (C=O) groups excluding carboxylic acids is 1. The zero-order chi connectivity index (χ0) is 19.9. The number of carbonyl (C=O) groups is 1. The SMILES string of the molecule is C[C@@H](O)CC1N(C(=O)c2ccc(F)c(F)c2)c2ccccc2C12CCNCC2. The van der Waals surface area contributed by atoms with E-state index in [2.05, 4.69) is 5.32 Å². The van der Waals surface area contributed by atoms with E-state index in [4.69, 9.17) is 0 Å². The number of aliphatic hydroxyl groups is 1. The molecule has 0 aromatic heterocycles. The molecule has 28 heavy (non-hydrogen) atoms. The number of anilines is 1. The van der Waals surface area contributed by atoms with Crippen molar-refractivity contribution in [3.8, 4) is 0 Å². The summed E-state index contributed by atoms with van der Waals surface area (Å²) in [6.07, 6.45) is 1.53. The highest BCUT2D eigenvalue weighted by atomic mass is 19.2. The van der Waals surface area contributed by atoms with Gasteiger partial charge in [-0.05, 0) is 69.1 Å². The normalized spacial score (nSPS) is 21.6. The molecule has 1 spiro atoms. The molecule has 1 unspecified atom stereocenters. The minimum absolute atomic E-state index is 0.107. The molecule has 0 aliphatic carbocycles. The Balaban J connectivity index is 1.84. The lowest BCUT2D eigenvalue weighted by Gasteiger charge is -2.42. The first-order valence-electron chi connectivity index (χ1n) is 9.71. The Morgan fingerprint density at radius 2 is 1.93 bits per heavy atom. The molecule has 2 aliphatic heterocycles. The number of hydrogen-bond donors (Lipinski definition) is 2. The van der Waals surface area contributed by atoms with Crippen LogP contribution in [0.2, 0.25) is 0 Å². The minimum atomic E-state index is -1.04. The standard InChI is InChI=1S/C22H24F2N2O2/c1-14(27)12-20-22(8-10-25-11-9-22)16-4-2-3-5-19(16)26(20)21(28)15-6-7-17(23)18(24)13-15/h2-7,13-14,20,25,27H,8-12H2,1H3/t14-,20?/m1/s1. The fraction of sp³-hybridized carbons (Fsp3) is 0.409. The van der Waals surface area contributed by atoms with Crippen molar-refractivity contribution in [3.05, 3.63) is 65.2 Å². The number of piperidine rings is 1. The summed E-state index contributed by atoms with van der Waals surface area (Å²) in [5.74, 6) is -2.39. The Bertz CT molecular complexity index is 894. The van der Waals surface area contributed by atoms with Crippen molar-refractivity contribution < 1.29 is 18.7 Å². The van der Waals surface area contributed by atoms with Gasteiger partial charge in [0.1, 0.15) is 0 Å². The van der Waals surface area contributed by atoms with Crippen LogP contribution in [0.5, 0.6) is 0 Å². The summed E-state index contributed by atoms with van der Waals surface area (Å²) in [6.45, 7) is 3.38. The van der Waals surface area contributed by atoms with Gasteiger partial charge in [-0.3, -0.25) is 4.79 Å². The molecule has 1 amide bonds. The van der Waals surface area contributed by atoms with Gasteiger partial charge in [-0.2, -0.15) is 0 Å². The van der Waals surface area contributed by atoms with E-state index < -0.39 is 17.7 Å². The predicted octanol–water partition coefficient (Wildman–Crippen LogP) is 3.39. The van der Waals surface area contributed by atoms with Gasteiger partial charge in [-0.15, -0.1) is 0 Å². The molecule has 1 saturated heterocycles. The van der Waals surface area contributed by atoms with E-state index in [-0.39, 0.29) is 22.9 Å². The summed E-state index contributed by atoms with van der Waals surface area (Å²) in [6, 6.07) is 10.8. The third kappa shape index (κ3) is 3.01. The monoisotopic (exact) mass is 386 g/mol. The van der Waals surface area contributed by atoms with Gasteiger partial charge in [0.05, 0.1) is 6.10 Å². The molecular weight excluding hydrogens is 362 g/mol. The second kappa shape index (κ2) is 7.26. The predicted molar refractivity (Wildman–Crippen MR) is 103 cm³/mol. The third-order valence-corrected chi connectivity index (χ3v) is 6.10. The number of halogens is 2. The number of rotatable bonds is 3. The lowest BCUT2D eigenvalue weighted by atomic mass is 9.68. The number of hydrogen-bond acceptors (Lipinski definition) is 3. The smallest absolute Gasteiger partial charge is 0.258 e. The molecule has 4 nitrogen and oxygen atoms in total. The summed E-state index contributed by atoms with van der Waals surface area (Å²) in [7, 11) is 0. The van der Waals surface area contributed by atoms with Crippen molar-refractivity contribution in [3.63, 3.8) is 0 Å². The number of fused-ring (bicyclic) bond motifs is 2. The number of nitrogens with zero attached hydrogens (tertiary/aromatic N) is 1. The first kappa shape index (κ1) is 19.0. The second-order valence-electron chi connectivity index (χ2n) is 7.83. The van der Waals surface area contributed by atoms with Crippen molar-refractivity contribution >= 4 is 11.6 Å². The lowest BCUT2D eigenvalue weighted by molar-refractivity contribution is 0.0934. The van der Waals surface area contributed by atoms with E-state index >= 15 is 0 Å². The number of para-hydroxylation sites is 1. The van der Waals surface area contributed by atoms with E-state index in [0.717, 1.165) is 49.3 Å². The molecule has 2 aromatic carbocycles. The van der Waals surface area contributed by atoms with Crippen LogP contribution in [-0.4, -0.2) is 36.2 Å². The van der Waals surface area contributed by atoms with Crippen molar-refractivity contribution in [2.75, 3.05) is 18.0 Å². The van der Waals surface area contributed by atoms with Gasteiger partial charge >= 0.3 is 0 Å². The van der Waals surface area contributed by atoms with Gasteiger partial charge in [0, 0.05) is 22.7 Å². The summed E-state index contributed by atoms with van der Waals surface area (Å²) < 4.78 is 27.2. The zero-order valence-corrected chi connectivity index (χ0v) is 15.8. The maximum absolute atomic E-state index is 13.8. The third-order valence-electron chi connectivity index (χ3n) is 6.10. The van der Waals surface area contributed by atoms with E-state index in [1.807, 2.05) is 24.3 Å². The fourth-order valence-electron chi connectivity index (χ4n) is 4.85. The zero-order valence-electron chi connectivity index (χ0n) is 15.8. The van der Waals surface area contributed by atoms with Crippen LogP contribution >= 0.6 is 0 Å². The first-order valence-corrected chi connectivity index (χ1v) is 9.71. The van der Waals surface area contributed by atoms with Crippen LogP contribution in [-0.2, 0) is 5.41 Å². The van der Waals surface area contributed by atoms with Gasteiger partial charge in [0.15, 0.2) is 11.6 Å². The van der Waals surface area contributed by atoms with E-state index in [1.54, 1.807) is 11.8 Å². The molecule has 1 fully saturated rings. The summed E-state index contributed by atoms with van der Waals surface area (Å²) in [5.41, 5.74) is 1.74. The topological polar surface area (TPSA) is 52.6 Å². The molecule has 6 heteroatoms. The summed E-state index contributed by atoms with van der Waals surface area (Å²) in [4.78, 5) is 15.1. The van der Waals surface area contributed by atoms with Gasteiger partial charge < -0.3 is 15.3 Å². The molecule has 0 saturated carbocycles. The summed E-state index contributed by atoms with van der Waals surface area (Å²) >= 11 is 0.